The third kappa shape index (κ3) is 1.58. The first-order chi connectivity index (χ1) is 7.82. The van der Waals surface area contributed by atoms with Gasteiger partial charge < -0.3 is 0 Å². The molecule has 16 heavy (non-hydrogen) atoms. The van der Waals surface area contributed by atoms with Gasteiger partial charge in [0.05, 0.1) is 0 Å². The molecule has 0 amide bonds. The number of fused-ring (bicyclic) bond motifs is 1. The first-order valence-corrected chi connectivity index (χ1v) is 7.18. The summed E-state index contributed by atoms with van der Waals surface area (Å²) in [4.78, 5) is 0. The van der Waals surface area contributed by atoms with Gasteiger partial charge in [-0.05, 0) is 49.4 Å². The molecule has 0 aromatic rings. The second-order valence-electron chi connectivity index (χ2n) is 6.20. The van der Waals surface area contributed by atoms with Gasteiger partial charge in [-0.15, -0.1) is 0 Å². The highest BCUT2D eigenvalue weighted by atomic mass is 14.5. The third-order valence-corrected chi connectivity index (χ3v) is 5.40. The third-order valence-electron chi connectivity index (χ3n) is 5.40. The fraction of sp³-hybridized carbons (Fsp3) is 0.750. The van der Waals surface area contributed by atoms with Crippen molar-refractivity contribution >= 4 is 0 Å². The van der Waals surface area contributed by atoms with Crippen LogP contribution in [-0.2, 0) is 0 Å². The molecule has 2 fully saturated rings. The Morgan fingerprint density at radius 1 is 1.06 bits per heavy atom. The molecular weight excluding hydrogens is 192 g/mol. The molecule has 0 aromatic heterocycles. The summed E-state index contributed by atoms with van der Waals surface area (Å²) < 4.78 is 0. The van der Waals surface area contributed by atoms with E-state index in [4.69, 9.17) is 0 Å². The molecule has 2 atom stereocenters. The molecule has 0 heteroatoms. The highest BCUT2D eigenvalue weighted by Gasteiger charge is 2.41. The Hall–Kier alpha value is -0.520. The minimum Gasteiger partial charge on any atom is -0.0990 e. The number of hydrogen-bond acceptors (Lipinski definition) is 0. The van der Waals surface area contributed by atoms with E-state index < -0.39 is 0 Å². The second-order valence-corrected chi connectivity index (χ2v) is 6.20. The lowest BCUT2D eigenvalue weighted by Gasteiger charge is -2.40. The molecule has 3 rings (SSSR count). The monoisotopic (exact) mass is 216 g/mol. The summed E-state index contributed by atoms with van der Waals surface area (Å²) in [6.07, 6.45) is 17.7. The predicted octanol–water partition coefficient (Wildman–Crippen LogP) is 4.87. The van der Waals surface area contributed by atoms with Gasteiger partial charge in [0.1, 0.15) is 0 Å². The van der Waals surface area contributed by atoms with Crippen molar-refractivity contribution in [2.24, 2.45) is 17.3 Å². The van der Waals surface area contributed by atoms with Gasteiger partial charge in [-0.3, -0.25) is 0 Å². The zero-order chi connectivity index (χ0) is 11.0. The molecule has 2 saturated carbocycles. The molecule has 0 aliphatic heterocycles. The van der Waals surface area contributed by atoms with Gasteiger partial charge in [0, 0.05) is 0 Å². The molecule has 3 aliphatic rings. The van der Waals surface area contributed by atoms with Crippen molar-refractivity contribution in [1.29, 1.82) is 0 Å². The van der Waals surface area contributed by atoms with Crippen molar-refractivity contribution < 1.29 is 0 Å². The standard InChI is InChI=1S/C16H24/c1-13-15-9-5-7-14(15)8-6-12-16(13)10-3-2-4-11-16/h6,8,14-15H,1-5,7,9-12H2. The maximum Gasteiger partial charge on any atom is -0.00533 e. The van der Waals surface area contributed by atoms with Gasteiger partial charge in [0.2, 0.25) is 0 Å². The lowest BCUT2D eigenvalue weighted by atomic mass is 9.64. The number of rotatable bonds is 0. The summed E-state index contributed by atoms with van der Waals surface area (Å²) in [5, 5.41) is 0. The first kappa shape index (κ1) is 10.6. The number of hydrogen-bond donors (Lipinski definition) is 0. The van der Waals surface area contributed by atoms with Crippen molar-refractivity contribution in [2.75, 3.05) is 0 Å². The summed E-state index contributed by atoms with van der Waals surface area (Å²) in [5.74, 6) is 1.67. The van der Waals surface area contributed by atoms with Crippen LogP contribution in [0.5, 0.6) is 0 Å². The van der Waals surface area contributed by atoms with E-state index in [2.05, 4.69) is 18.7 Å². The van der Waals surface area contributed by atoms with E-state index in [1.165, 1.54) is 57.8 Å². The fourth-order valence-corrected chi connectivity index (χ4v) is 4.40. The van der Waals surface area contributed by atoms with Crippen molar-refractivity contribution in [3.8, 4) is 0 Å². The smallest absolute Gasteiger partial charge is 0.00533 e. The molecule has 0 heterocycles. The van der Waals surface area contributed by atoms with E-state index in [1.807, 2.05) is 0 Å². The summed E-state index contributed by atoms with van der Waals surface area (Å²) in [6, 6.07) is 0. The molecule has 0 bridgehead atoms. The lowest BCUT2D eigenvalue weighted by Crippen LogP contribution is -2.29. The van der Waals surface area contributed by atoms with Gasteiger partial charge in [-0.25, -0.2) is 0 Å². The second kappa shape index (κ2) is 4.05. The molecule has 3 aliphatic carbocycles. The zero-order valence-electron chi connectivity index (χ0n) is 10.4. The molecule has 1 spiro atoms. The molecule has 88 valence electrons. The van der Waals surface area contributed by atoms with E-state index in [9.17, 15) is 0 Å². The van der Waals surface area contributed by atoms with E-state index in [0.717, 1.165) is 11.8 Å². The van der Waals surface area contributed by atoms with Crippen LogP contribution in [0.3, 0.4) is 0 Å². The Labute approximate surface area is 99.8 Å². The van der Waals surface area contributed by atoms with Crippen molar-refractivity contribution in [3.05, 3.63) is 24.3 Å². The highest BCUT2D eigenvalue weighted by molar-refractivity contribution is 5.23. The van der Waals surface area contributed by atoms with Crippen LogP contribution >= 0.6 is 0 Å². The molecule has 2 unspecified atom stereocenters. The maximum atomic E-state index is 4.55. The largest absolute Gasteiger partial charge is 0.0990 e. The van der Waals surface area contributed by atoms with Crippen molar-refractivity contribution in [2.45, 2.75) is 57.8 Å². The van der Waals surface area contributed by atoms with Gasteiger partial charge in [0.25, 0.3) is 0 Å². The molecule has 0 aromatic carbocycles. The van der Waals surface area contributed by atoms with Crippen LogP contribution in [0.1, 0.15) is 57.8 Å². The van der Waals surface area contributed by atoms with E-state index in [1.54, 1.807) is 5.57 Å². The van der Waals surface area contributed by atoms with E-state index >= 15 is 0 Å². The van der Waals surface area contributed by atoms with Crippen LogP contribution in [-0.4, -0.2) is 0 Å². The Morgan fingerprint density at radius 2 is 1.88 bits per heavy atom. The van der Waals surface area contributed by atoms with Gasteiger partial charge in [0.15, 0.2) is 0 Å². The summed E-state index contributed by atoms with van der Waals surface area (Å²) in [5.41, 5.74) is 2.15. The Bertz CT molecular complexity index is 304. The van der Waals surface area contributed by atoms with Crippen LogP contribution in [0.15, 0.2) is 24.3 Å². The Morgan fingerprint density at radius 3 is 2.69 bits per heavy atom. The highest BCUT2D eigenvalue weighted by Crippen LogP contribution is 2.53. The van der Waals surface area contributed by atoms with E-state index in [0.29, 0.717) is 5.41 Å². The van der Waals surface area contributed by atoms with E-state index in [-0.39, 0.29) is 0 Å². The molecule has 0 nitrogen and oxygen atoms in total. The Kier molecular flexibility index (Phi) is 2.69. The summed E-state index contributed by atoms with van der Waals surface area (Å²) in [6.45, 7) is 4.55. The SMILES string of the molecule is C=C1C2CCCC2C=CCC12CCCCC2. The van der Waals surface area contributed by atoms with Crippen LogP contribution < -0.4 is 0 Å². The maximum absolute atomic E-state index is 4.55. The van der Waals surface area contributed by atoms with Crippen molar-refractivity contribution in [3.63, 3.8) is 0 Å². The van der Waals surface area contributed by atoms with Crippen molar-refractivity contribution in [1.82, 2.24) is 0 Å². The number of allylic oxidation sites excluding steroid dienone is 3. The molecular formula is C16H24. The average Bonchev–Trinajstić information content (AvgIpc) is 2.73. The minimum absolute atomic E-state index is 0.512. The van der Waals surface area contributed by atoms with Crippen LogP contribution in [0.4, 0.5) is 0 Å². The zero-order valence-corrected chi connectivity index (χ0v) is 10.4. The lowest BCUT2D eigenvalue weighted by molar-refractivity contribution is 0.220. The van der Waals surface area contributed by atoms with Gasteiger partial charge >= 0.3 is 0 Å². The van der Waals surface area contributed by atoms with Crippen LogP contribution in [0.25, 0.3) is 0 Å². The fourth-order valence-electron chi connectivity index (χ4n) is 4.40. The van der Waals surface area contributed by atoms with Crippen LogP contribution in [0, 0.1) is 17.3 Å². The van der Waals surface area contributed by atoms with Gasteiger partial charge in [-0.1, -0.05) is 50.0 Å². The topological polar surface area (TPSA) is 0 Å². The van der Waals surface area contributed by atoms with Gasteiger partial charge in [-0.2, -0.15) is 0 Å². The predicted molar refractivity (Wildman–Crippen MR) is 69.2 cm³/mol. The summed E-state index contributed by atoms with van der Waals surface area (Å²) in [7, 11) is 0. The summed E-state index contributed by atoms with van der Waals surface area (Å²) >= 11 is 0. The quantitative estimate of drug-likeness (QED) is 0.507. The normalized spacial score (nSPS) is 37.4. The minimum atomic E-state index is 0.512. The molecule has 0 saturated heterocycles. The first-order valence-electron chi connectivity index (χ1n) is 7.18. The average molecular weight is 216 g/mol. The Balaban J connectivity index is 1.89. The molecule has 0 N–H and O–H groups in total. The molecule has 0 radical (unpaired) electrons. The van der Waals surface area contributed by atoms with Crippen LogP contribution in [0.2, 0.25) is 0 Å².